The molecule has 1 aliphatic carbocycles. The molecule has 0 saturated heterocycles. The van der Waals surface area contributed by atoms with Crippen LogP contribution in [0.25, 0.3) is 0 Å². The van der Waals surface area contributed by atoms with Crippen LogP contribution in [0.1, 0.15) is 18.4 Å². The maximum absolute atomic E-state index is 5.92. The van der Waals surface area contributed by atoms with Gasteiger partial charge in [-0.15, -0.1) is 11.6 Å². The van der Waals surface area contributed by atoms with E-state index in [1.54, 1.807) is 0 Å². The Bertz CT molecular complexity index is 242. The first-order valence-electron chi connectivity index (χ1n) is 4.54. The Morgan fingerprint density at radius 1 is 1.25 bits per heavy atom. The third-order valence-corrected chi connectivity index (χ3v) is 3.02. The fourth-order valence-corrected chi connectivity index (χ4v) is 1.86. The second kappa shape index (κ2) is 3.49. The van der Waals surface area contributed by atoms with Crippen LogP contribution in [-0.4, -0.2) is 5.38 Å². The zero-order valence-electron chi connectivity index (χ0n) is 7.04. The van der Waals surface area contributed by atoms with Crippen LogP contribution in [0.4, 0.5) is 0 Å². The van der Waals surface area contributed by atoms with Crippen LogP contribution in [0.3, 0.4) is 0 Å². The molecule has 0 amide bonds. The summed E-state index contributed by atoms with van der Waals surface area (Å²) in [5.74, 6) is 0.798. The van der Waals surface area contributed by atoms with Gasteiger partial charge in [0.1, 0.15) is 0 Å². The normalized spacial score (nSPS) is 27.1. The molecule has 0 spiro atoms. The second-order valence-electron chi connectivity index (χ2n) is 3.54. The Morgan fingerprint density at radius 3 is 2.50 bits per heavy atom. The molecule has 0 unspecified atom stereocenters. The van der Waals surface area contributed by atoms with Crippen LogP contribution in [-0.2, 0) is 6.42 Å². The van der Waals surface area contributed by atoms with Gasteiger partial charge < -0.3 is 0 Å². The number of benzene rings is 1. The Morgan fingerprint density at radius 2 is 1.92 bits per heavy atom. The van der Waals surface area contributed by atoms with E-state index in [0.717, 1.165) is 5.92 Å². The highest BCUT2D eigenvalue weighted by Gasteiger charge is 2.34. The van der Waals surface area contributed by atoms with Crippen molar-refractivity contribution in [2.45, 2.75) is 24.6 Å². The van der Waals surface area contributed by atoms with Crippen LogP contribution in [0.5, 0.6) is 0 Å². The molecule has 0 heterocycles. The molecular formula is C11H13Cl. The number of alkyl halides is 1. The van der Waals surface area contributed by atoms with Crippen molar-refractivity contribution in [3.8, 4) is 0 Å². The molecule has 1 aromatic carbocycles. The van der Waals surface area contributed by atoms with E-state index in [-0.39, 0.29) is 0 Å². The predicted molar refractivity (Wildman–Crippen MR) is 52.5 cm³/mol. The lowest BCUT2D eigenvalue weighted by molar-refractivity contribution is 0.728. The van der Waals surface area contributed by atoms with Crippen molar-refractivity contribution in [3.63, 3.8) is 0 Å². The first kappa shape index (κ1) is 8.12. The summed E-state index contributed by atoms with van der Waals surface area (Å²) in [5, 5.41) is 0.480. The van der Waals surface area contributed by atoms with Crippen LogP contribution in [0.15, 0.2) is 30.3 Å². The average molecular weight is 181 g/mol. The minimum atomic E-state index is 0.480. The van der Waals surface area contributed by atoms with Crippen LogP contribution in [0.2, 0.25) is 0 Å². The van der Waals surface area contributed by atoms with Gasteiger partial charge in [-0.05, 0) is 30.7 Å². The second-order valence-corrected chi connectivity index (χ2v) is 4.10. The highest BCUT2D eigenvalue weighted by molar-refractivity contribution is 6.22. The van der Waals surface area contributed by atoms with Crippen molar-refractivity contribution in [1.29, 1.82) is 0 Å². The lowest BCUT2D eigenvalue weighted by atomic mass is 10.1. The van der Waals surface area contributed by atoms with E-state index in [9.17, 15) is 0 Å². The zero-order valence-corrected chi connectivity index (χ0v) is 7.80. The van der Waals surface area contributed by atoms with Gasteiger partial charge >= 0.3 is 0 Å². The van der Waals surface area contributed by atoms with E-state index < -0.39 is 0 Å². The minimum Gasteiger partial charge on any atom is -0.123 e. The van der Waals surface area contributed by atoms with E-state index in [4.69, 9.17) is 11.6 Å². The summed E-state index contributed by atoms with van der Waals surface area (Å²) < 4.78 is 0. The van der Waals surface area contributed by atoms with E-state index in [0.29, 0.717) is 5.38 Å². The molecule has 0 aliphatic heterocycles. The van der Waals surface area contributed by atoms with E-state index in [2.05, 4.69) is 30.3 Å². The fraction of sp³-hybridized carbons (Fsp3) is 0.455. The van der Waals surface area contributed by atoms with Crippen molar-refractivity contribution >= 4 is 11.6 Å². The third kappa shape index (κ3) is 2.01. The molecule has 0 aromatic heterocycles. The molecule has 0 N–H and O–H groups in total. The lowest BCUT2D eigenvalue weighted by Crippen LogP contribution is -1.87. The van der Waals surface area contributed by atoms with Crippen molar-refractivity contribution in [3.05, 3.63) is 35.9 Å². The molecular weight excluding hydrogens is 168 g/mol. The fourth-order valence-electron chi connectivity index (χ4n) is 1.51. The predicted octanol–water partition coefficient (Wildman–Crippen LogP) is 3.25. The summed E-state index contributed by atoms with van der Waals surface area (Å²) in [6.45, 7) is 0. The summed E-state index contributed by atoms with van der Waals surface area (Å²) in [5.41, 5.74) is 1.44. The summed E-state index contributed by atoms with van der Waals surface area (Å²) in [4.78, 5) is 0. The molecule has 0 bridgehead atoms. The molecule has 1 aliphatic rings. The number of hydrogen-bond acceptors (Lipinski definition) is 0. The van der Waals surface area contributed by atoms with E-state index in [1.165, 1.54) is 24.8 Å². The molecule has 2 atom stereocenters. The summed E-state index contributed by atoms with van der Waals surface area (Å²) in [6.07, 6.45) is 3.68. The number of hydrogen-bond donors (Lipinski definition) is 0. The monoisotopic (exact) mass is 180 g/mol. The summed E-state index contributed by atoms with van der Waals surface area (Å²) in [7, 11) is 0. The quantitative estimate of drug-likeness (QED) is 0.627. The maximum atomic E-state index is 5.92. The molecule has 64 valence electrons. The minimum absolute atomic E-state index is 0.480. The Labute approximate surface area is 78.6 Å². The van der Waals surface area contributed by atoms with Crippen LogP contribution >= 0.6 is 11.6 Å². The third-order valence-electron chi connectivity index (χ3n) is 2.48. The molecule has 0 nitrogen and oxygen atoms in total. The van der Waals surface area contributed by atoms with Gasteiger partial charge in [0.2, 0.25) is 0 Å². The first-order chi connectivity index (χ1) is 5.86. The van der Waals surface area contributed by atoms with Crippen molar-refractivity contribution < 1.29 is 0 Å². The highest BCUT2D eigenvalue weighted by Crippen LogP contribution is 2.39. The van der Waals surface area contributed by atoms with Gasteiger partial charge in [-0.1, -0.05) is 30.3 Å². The standard InChI is InChI=1S/C11H13Cl/c12-11-8-10(11)7-6-9-4-2-1-3-5-9/h1-5,10-11H,6-8H2/t10-,11+/m0/s1. The summed E-state index contributed by atoms with van der Waals surface area (Å²) >= 11 is 5.92. The largest absolute Gasteiger partial charge is 0.123 e. The molecule has 2 rings (SSSR count). The number of rotatable bonds is 3. The Hall–Kier alpha value is -0.490. The molecule has 1 aromatic rings. The smallest absolute Gasteiger partial charge is 0.0368 e. The topological polar surface area (TPSA) is 0 Å². The van der Waals surface area contributed by atoms with Gasteiger partial charge in [0.15, 0.2) is 0 Å². The number of halogens is 1. The zero-order chi connectivity index (χ0) is 8.39. The average Bonchev–Trinajstić information content (AvgIpc) is 2.81. The van der Waals surface area contributed by atoms with Crippen LogP contribution in [0, 0.1) is 5.92 Å². The van der Waals surface area contributed by atoms with Gasteiger partial charge in [0.25, 0.3) is 0 Å². The van der Waals surface area contributed by atoms with Crippen LogP contribution < -0.4 is 0 Å². The van der Waals surface area contributed by atoms with Gasteiger partial charge in [-0.25, -0.2) is 0 Å². The molecule has 1 fully saturated rings. The summed E-state index contributed by atoms with van der Waals surface area (Å²) in [6, 6.07) is 10.6. The first-order valence-corrected chi connectivity index (χ1v) is 4.98. The lowest BCUT2D eigenvalue weighted by Gasteiger charge is -1.98. The van der Waals surface area contributed by atoms with Gasteiger partial charge in [-0.2, -0.15) is 0 Å². The van der Waals surface area contributed by atoms with Crippen molar-refractivity contribution in [2.24, 2.45) is 5.92 Å². The molecule has 12 heavy (non-hydrogen) atoms. The SMILES string of the molecule is Cl[C@@H]1C[C@@H]1CCc1ccccc1. The van der Waals surface area contributed by atoms with E-state index >= 15 is 0 Å². The molecule has 1 saturated carbocycles. The van der Waals surface area contributed by atoms with Gasteiger partial charge in [0.05, 0.1) is 0 Å². The number of aryl methyl sites for hydroxylation is 1. The van der Waals surface area contributed by atoms with Gasteiger partial charge in [-0.3, -0.25) is 0 Å². The maximum Gasteiger partial charge on any atom is 0.0368 e. The Balaban J connectivity index is 1.80. The van der Waals surface area contributed by atoms with Crippen molar-refractivity contribution in [1.82, 2.24) is 0 Å². The van der Waals surface area contributed by atoms with E-state index in [1.807, 2.05) is 0 Å². The highest BCUT2D eigenvalue weighted by atomic mass is 35.5. The van der Waals surface area contributed by atoms with Gasteiger partial charge in [0, 0.05) is 5.38 Å². The molecule has 1 heteroatoms. The Kier molecular flexibility index (Phi) is 2.36. The molecule has 0 radical (unpaired) electrons. The van der Waals surface area contributed by atoms with Crippen molar-refractivity contribution in [2.75, 3.05) is 0 Å².